The average molecular weight is 416 g/mol. The van der Waals surface area contributed by atoms with Gasteiger partial charge in [-0.05, 0) is 48.5 Å². The summed E-state index contributed by atoms with van der Waals surface area (Å²) in [5, 5.41) is 15.2. The monoisotopic (exact) mass is 415 g/mol. The van der Waals surface area contributed by atoms with E-state index in [2.05, 4.69) is 10.5 Å². The molecular formula is C19H14ClN3O4S. The van der Waals surface area contributed by atoms with E-state index in [1.165, 1.54) is 30.1 Å². The van der Waals surface area contributed by atoms with Crippen molar-refractivity contribution in [1.82, 2.24) is 5.43 Å². The molecule has 0 radical (unpaired) electrons. The van der Waals surface area contributed by atoms with Crippen LogP contribution in [-0.4, -0.2) is 22.8 Å². The first-order valence-electron chi connectivity index (χ1n) is 8.06. The van der Waals surface area contributed by atoms with Gasteiger partial charge in [-0.1, -0.05) is 11.6 Å². The van der Waals surface area contributed by atoms with Crippen LogP contribution in [0, 0.1) is 10.1 Å². The Morgan fingerprint density at radius 3 is 2.54 bits per heavy atom. The summed E-state index contributed by atoms with van der Waals surface area (Å²) in [4.78, 5) is 23.0. The normalized spacial score (nSPS) is 10.9. The molecule has 0 fully saturated rings. The molecule has 0 saturated carbocycles. The Morgan fingerprint density at radius 1 is 1.14 bits per heavy atom. The van der Waals surface area contributed by atoms with Crippen LogP contribution in [0.2, 0.25) is 5.02 Å². The van der Waals surface area contributed by atoms with Crippen LogP contribution in [0.1, 0.15) is 5.76 Å². The molecule has 3 rings (SSSR count). The molecule has 28 heavy (non-hydrogen) atoms. The van der Waals surface area contributed by atoms with E-state index in [1.54, 1.807) is 36.4 Å². The summed E-state index contributed by atoms with van der Waals surface area (Å²) in [5.41, 5.74) is 3.14. The predicted octanol–water partition coefficient (Wildman–Crippen LogP) is 4.75. The van der Waals surface area contributed by atoms with E-state index in [4.69, 9.17) is 16.0 Å². The van der Waals surface area contributed by atoms with Gasteiger partial charge in [0.05, 0.1) is 16.9 Å². The number of amides is 1. The van der Waals surface area contributed by atoms with Gasteiger partial charge >= 0.3 is 0 Å². The molecular weight excluding hydrogens is 402 g/mol. The maximum atomic E-state index is 11.8. The zero-order valence-corrected chi connectivity index (χ0v) is 15.9. The topological polar surface area (TPSA) is 97.7 Å². The second-order valence-electron chi connectivity index (χ2n) is 5.54. The Kier molecular flexibility index (Phi) is 6.46. The van der Waals surface area contributed by atoms with Crippen molar-refractivity contribution in [3.8, 4) is 11.3 Å². The highest BCUT2D eigenvalue weighted by Gasteiger charge is 2.08. The summed E-state index contributed by atoms with van der Waals surface area (Å²) in [6.07, 6.45) is 1.39. The van der Waals surface area contributed by atoms with Crippen molar-refractivity contribution in [3.63, 3.8) is 0 Å². The van der Waals surface area contributed by atoms with Crippen LogP contribution in [-0.2, 0) is 4.79 Å². The molecule has 7 nitrogen and oxygen atoms in total. The van der Waals surface area contributed by atoms with Crippen molar-refractivity contribution in [2.24, 2.45) is 5.10 Å². The van der Waals surface area contributed by atoms with E-state index in [0.717, 1.165) is 4.90 Å². The Bertz CT molecular complexity index is 1000. The van der Waals surface area contributed by atoms with Crippen molar-refractivity contribution in [1.29, 1.82) is 0 Å². The SMILES string of the molecule is O=C(CSc1ccc(Cl)cc1)N/N=C\c1ccc(-c2ccc([N+](=O)[O-])cc2)o1. The molecule has 0 atom stereocenters. The number of rotatable bonds is 7. The first kappa shape index (κ1) is 19.7. The number of thioether (sulfide) groups is 1. The number of carbonyl (C=O) groups is 1. The van der Waals surface area contributed by atoms with Gasteiger partial charge in [-0.25, -0.2) is 5.43 Å². The summed E-state index contributed by atoms with van der Waals surface area (Å²) >= 11 is 7.19. The maximum absolute atomic E-state index is 11.8. The van der Waals surface area contributed by atoms with Gasteiger partial charge in [-0.15, -0.1) is 11.8 Å². The zero-order chi connectivity index (χ0) is 19.9. The fourth-order valence-electron chi connectivity index (χ4n) is 2.20. The van der Waals surface area contributed by atoms with Crippen LogP contribution >= 0.6 is 23.4 Å². The largest absolute Gasteiger partial charge is 0.455 e. The Balaban J connectivity index is 1.51. The number of carbonyl (C=O) groups excluding carboxylic acids is 1. The highest BCUT2D eigenvalue weighted by atomic mass is 35.5. The van der Waals surface area contributed by atoms with Gasteiger partial charge in [0, 0.05) is 27.6 Å². The Labute approximate surface area is 169 Å². The van der Waals surface area contributed by atoms with Gasteiger partial charge in [-0.3, -0.25) is 14.9 Å². The lowest BCUT2D eigenvalue weighted by Crippen LogP contribution is -2.19. The zero-order valence-electron chi connectivity index (χ0n) is 14.4. The van der Waals surface area contributed by atoms with E-state index < -0.39 is 4.92 Å². The molecule has 0 spiro atoms. The molecule has 0 unspecified atom stereocenters. The lowest BCUT2D eigenvalue weighted by atomic mass is 10.1. The van der Waals surface area contributed by atoms with Gasteiger partial charge in [0.2, 0.25) is 5.91 Å². The number of hydrogen-bond donors (Lipinski definition) is 1. The third-order valence-electron chi connectivity index (χ3n) is 3.55. The van der Waals surface area contributed by atoms with Crippen molar-refractivity contribution in [2.45, 2.75) is 4.90 Å². The molecule has 9 heteroatoms. The van der Waals surface area contributed by atoms with Gasteiger partial charge < -0.3 is 4.42 Å². The third kappa shape index (κ3) is 5.45. The number of halogens is 1. The first-order valence-corrected chi connectivity index (χ1v) is 9.42. The lowest BCUT2D eigenvalue weighted by Gasteiger charge is -2.00. The molecule has 0 aliphatic carbocycles. The standard InChI is InChI=1S/C19H14ClN3O4S/c20-14-3-8-17(9-4-14)28-12-19(24)22-21-11-16-7-10-18(27-16)13-1-5-15(6-2-13)23(25)26/h1-11H,12H2,(H,22,24)/b21-11-. The molecule has 1 N–H and O–H groups in total. The summed E-state index contributed by atoms with van der Waals surface area (Å²) in [6, 6.07) is 16.6. The molecule has 0 aliphatic rings. The van der Waals surface area contributed by atoms with Gasteiger partial charge in [-0.2, -0.15) is 5.10 Å². The second-order valence-corrected chi connectivity index (χ2v) is 7.03. The third-order valence-corrected chi connectivity index (χ3v) is 4.82. The number of nitrogens with one attached hydrogen (secondary N) is 1. The van der Waals surface area contributed by atoms with Crippen LogP contribution in [0.4, 0.5) is 5.69 Å². The summed E-state index contributed by atoms with van der Waals surface area (Å²) in [7, 11) is 0. The fraction of sp³-hybridized carbons (Fsp3) is 0.0526. The van der Waals surface area contributed by atoms with Gasteiger partial charge in [0.1, 0.15) is 11.5 Å². The van der Waals surface area contributed by atoms with Crippen molar-refractivity contribution < 1.29 is 14.1 Å². The number of non-ortho nitro benzene ring substituents is 1. The quantitative estimate of drug-likeness (QED) is 0.260. The van der Waals surface area contributed by atoms with Crippen molar-refractivity contribution >= 4 is 41.2 Å². The molecule has 1 heterocycles. The van der Waals surface area contributed by atoms with Gasteiger partial charge in [0.15, 0.2) is 0 Å². The number of benzene rings is 2. The number of hydrogen-bond acceptors (Lipinski definition) is 6. The maximum Gasteiger partial charge on any atom is 0.269 e. The van der Waals surface area contributed by atoms with E-state index >= 15 is 0 Å². The molecule has 0 saturated heterocycles. The Hall–Kier alpha value is -3.10. The fourth-order valence-corrected chi connectivity index (χ4v) is 3.02. The highest BCUT2D eigenvalue weighted by Crippen LogP contribution is 2.24. The minimum atomic E-state index is -0.460. The van der Waals surface area contributed by atoms with Crippen LogP contribution in [0.3, 0.4) is 0 Å². The number of furan rings is 1. The molecule has 0 bridgehead atoms. The second kappa shape index (κ2) is 9.20. The average Bonchev–Trinajstić information content (AvgIpc) is 3.16. The van der Waals surface area contributed by atoms with Crippen LogP contribution in [0.25, 0.3) is 11.3 Å². The molecule has 1 amide bonds. The van der Waals surface area contributed by atoms with Gasteiger partial charge in [0.25, 0.3) is 5.69 Å². The smallest absolute Gasteiger partial charge is 0.269 e. The minimum Gasteiger partial charge on any atom is -0.455 e. The number of nitro benzene ring substituents is 1. The molecule has 142 valence electrons. The lowest BCUT2D eigenvalue weighted by molar-refractivity contribution is -0.384. The number of nitrogens with zero attached hydrogens (tertiary/aromatic N) is 2. The van der Waals surface area contributed by atoms with Crippen molar-refractivity contribution in [2.75, 3.05) is 5.75 Å². The molecule has 0 aliphatic heterocycles. The highest BCUT2D eigenvalue weighted by molar-refractivity contribution is 8.00. The van der Waals surface area contributed by atoms with E-state index in [1.807, 2.05) is 12.1 Å². The van der Waals surface area contributed by atoms with E-state index in [-0.39, 0.29) is 17.3 Å². The summed E-state index contributed by atoms with van der Waals surface area (Å²) in [6.45, 7) is 0. The number of nitro groups is 1. The summed E-state index contributed by atoms with van der Waals surface area (Å²) < 4.78 is 5.60. The number of hydrazone groups is 1. The van der Waals surface area contributed by atoms with Crippen LogP contribution < -0.4 is 5.43 Å². The molecule has 2 aromatic carbocycles. The Morgan fingerprint density at radius 2 is 1.86 bits per heavy atom. The minimum absolute atomic E-state index is 0.0104. The molecule has 1 aromatic heterocycles. The first-order chi connectivity index (χ1) is 13.5. The van der Waals surface area contributed by atoms with Crippen LogP contribution in [0.15, 0.2) is 75.1 Å². The molecule has 3 aromatic rings. The van der Waals surface area contributed by atoms with E-state index in [0.29, 0.717) is 22.1 Å². The predicted molar refractivity (Wildman–Crippen MR) is 109 cm³/mol. The van der Waals surface area contributed by atoms with Crippen LogP contribution in [0.5, 0.6) is 0 Å². The summed E-state index contributed by atoms with van der Waals surface area (Å²) in [5.74, 6) is 0.948. The van der Waals surface area contributed by atoms with E-state index in [9.17, 15) is 14.9 Å². The van der Waals surface area contributed by atoms with Crippen molar-refractivity contribution in [3.05, 3.63) is 81.6 Å².